The summed E-state index contributed by atoms with van der Waals surface area (Å²) in [6.45, 7) is 0.669. The fourth-order valence-electron chi connectivity index (χ4n) is 4.26. The molecule has 1 aromatic heterocycles. The first kappa shape index (κ1) is 24.0. The van der Waals surface area contributed by atoms with Crippen molar-refractivity contribution < 1.29 is 9.90 Å². The van der Waals surface area contributed by atoms with E-state index in [1.165, 1.54) is 5.56 Å². The number of hydrogen-bond acceptors (Lipinski definition) is 3. The van der Waals surface area contributed by atoms with Gasteiger partial charge in [-0.05, 0) is 41.3 Å². The Bertz CT molecular complexity index is 1360. The number of carboxylic acids is 1. The summed E-state index contributed by atoms with van der Waals surface area (Å²) in [5.41, 5.74) is 5.29. The van der Waals surface area contributed by atoms with Gasteiger partial charge in [-0.2, -0.15) is 0 Å². The Labute approximate surface area is 210 Å². The highest BCUT2D eigenvalue weighted by atomic mass is 35.5. The van der Waals surface area contributed by atoms with E-state index in [0.717, 1.165) is 28.6 Å². The molecule has 0 saturated heterocycles. The van der Waals surface area contributed by atoms with Crippen LogP contribution < -0.4 is 5.32 Å². The Hall–Kier alpha value is -4.09. The van der Waals surface area contributed by atoms with Crippen molar-refractivity contribution >= 4 is 35.4 Å². The Balaban J connectivity index is 0.00000289. The summed E-state index contributed by atoms with van der Waals surface area (Å²) in [6.07, 6.45) is 0.805. The van der Waals surface area contributed by atoms with E-state index >= 15 is 0 Å². The normalized spacial score (nSPS) is 10.8. The molecule has 4 aromatic carbocycles. The van der Waals surface area contributed by atoms with Gasteiger partial charge in [0.05, 0.1) is 22.6 Å². The molecule has 0 aliphatic heterocycles. The van der Waals surface area contributed by atoms with Gasteiger partial charge in [0, 0.05) is 6.54 Å². The molecular weight excluding hydrogens is 458 g/mol. The zero-order chi connectivity index (χ0) is 23.3. The van der Waals surface area contributed by atoms with Crippen molar-refractivity contribution in [2.75, 3.05) is 5.32 Å². The average molecular weight is 484 g/mol. The van der Waals surface area contributed by atoms with E-state index in [1.54, 1.807) is 18.2 Å². The number of nitrogens with zero attached hydrogens (tertiary/aromatic N) is 2. The van der Waals surface area contributed by atoms with Crippen LogP contribution in [0.5, 0.6) is 0 Å². The number of hydrogen-bond donors (Lipinski definition) is 2. The van der Waals surface area contributed by atoms with Crippen LogP contribution in [-0.2, 0) is 13.0 Å². The third-order valence-corrected chi connectivity index (χ3v) is 6.00. The van der Waals surface area contributed by atoms with Crippen LogP contribution in [0.15, 0.2) is 109 Å². The molecular formula is C29H26ClN3O2. The monoisotopic (exact) mass is 483 g/mol. The first-order chi connectivity index (χ1) is 16.7. The minimum atomic E-state index is -0.946. The standard InChI is InChI=1S/C29H25N3O2.ClH/c33-28(34)24-16-17-25-26(20-24)32(19-18-21-10-4-1-5-11-21)29(30-25)31-27(22-12-6-2-7-13-22)23-14-8-3-9-15-23;/h1-17,20,27H,18-19H2,(H,30,31)(H,33,34);1H. The molecule has 0 unspecified atom stereocenters. The fourth-order valence-corrected chi connectivity index (χ4v) is 4.26. The van der Waals surface area contributed by atoms with Crippen molar-refractivity contribution in [2.45, 2.75) is 19.0 Å². The van der Waals surface area contributed by atoms with Crippen molar-refractivity contribution in [3.05, 3.63) is 131 Å². The second-order valence-corrected chi connectivity index (χ2v) is 8.23. The highest BCUT2D eigenvalue weighted by Crippen LogP contribution is 2.29. The predicted molar refractivity (Wildman–Crippen MR) is 142 cm³/mol. The molecule has 2 N–H and O–H groups in total. The van der Waals surface area contributed by atoms with Gasteiger partial charge in [0.15, 0.2) is 0 Å². The Kier molecular flexibility index (Phi) is 7.48. The van der Waals surface area contributed by atoms with Gasteiger partial charge in [-0.1, -0.05) is 91.0 Å². The van der Waals surface area contributed by atoms with Crippen molar-refractivity contribution in [3.63, 3.8) is 0 Å². The first-order valence-electron chi connectivity index (χ1n) is 11.3. The van der Waals surface area contributed by atoms with Crippen molar-refractivity contribution in [1.82, 2.24) is 9.55 Å². The molecule has 5 rings (SSSR count). The zero-order valence-electron chi connectivity index (χ0n) is 19.0. The number of rotatable bonds is 8. The third-order valence-electron chi connectivity index (χ3n) is 6.00. The van der Waals surface area contributed by atoms with Gasteiger partial charge in [-0.25, -0.2) is 9.78 Å². The Morgan fingerprint density at radius 3 is 1.97 bits per heavy atom. The lowest BCUT2D eigenvalue weighted by molar-refractivity contribution is 0.0697. The van der Waals surface area contributed by atoms with E-state index in [-0.39, 0.29) is 24.0 Å². The molecule has 0 aliphatic rings. The Morgan fingerprint density at radius 2 is 1.40 bits per heavy atom. The molecule has 0 bridgehead atoms. The molecule has 0 atom stereocenters. The number of anilines is 1. The highest BCUT2D eigenvalue weighted by molar-refractivity contribution is 5.93. The lowest BCUT2D eigenvalue weighted by Gasteiger charge is -2.21. The van der Waals surface area contributed by atoms with Gasteiger partial charge in [-0.3, -0.25) is 0 Å². The summed E-state index contributed by atoms with van der Waals surface area (Å²) >= 11 is 0. The molecule has 176 valence electrons. The van der Waals surface area contributed by atoms with E-state index in [9.17, 15) is 9.90 Å². The minimum absolute atomic E-state index is 0. The van der Waals surface area contributed by atoms with E-state index in [4.69, 9.17) is 4.98 Å². The summed E-state index contributed by atoms with van der Waals surface area (Å²) in [5.74, 6) is -0.232. The fraction of sp³-hybridized carbons (Fsp3) is 0.103. The van der Waals surface area contributed by atoms with E-state index in [0.29, 0.717) is 12.5 Å². The molecule has 0 fully saturated rings. The van der Waals surface area contributed by atoms with Gasteiger partial charge < -0.3 is 15.0 Å². The van der Waals surface area contributed by atoms with Crippen LogP contribution >= 0.6 is 12.4 Å². The number of carbonyl (C=O) groups is 1. The number of aryl methyl sites for hydroxylation is 2. The van der Waals surface area contributed by atoms with Crippen LogP contribution in [0.25, 0.3) is 11.0 Å². The molecule has 0 aliphatic carbocycles. The number of nitrogens with one attached hydrogen (secondary N) is 1. The highest BCUT2D eigenvalue weighted by Gasteiger charge is 2.19. The van der Waals surface area contributed by atoms with E-state index < -0.39 is 5.97 Å². The molecule has 0 saturated carbocycles. The predicted octanol–water partition coefficient (Wildman–Crippen LogP) is 6.60. The van der Waals surface area contributed by atoms with Crippen molar-refractivity contribution in [2.24, 2.45) is 0 Å². The lowest BCUT2D eigenvalue weighted by Crippen LogP contribution is -2.16. The Morgan fingerprint density at radius 1 is 0.829 bits per heavy atom. The quantitative estimate of drug-likeness (QED) is 0.261. The molecule has 35 heavy (non-hydrogen) atoms. The molecule has 5 aromatic rings. The van der Waals surface area contributed by atoms with Gasteiger partial charge in [0.1, 0.15) is 0 Å². The average Bonchev–Trinajstić information content (AvgIpc) is 3.24. The van der Waals surface area contributed by atoms with Gasteiger partial charge in [-0.15, -0.1) is 12.4 Å². The maximum absolute atomic E-state index is 11.6. The summed E-state index contributed by atoms with van der Waals surface area (Å²) in [5, 5.41) is 13.2. The molecule has 0 radical (unpaired) electrons. The smallest absolute Gasteiger partial charge is 0.335 e. The summed E-state index contributed by atoms with van der Waals surface area (Å²) < 4.78 is 2.09. The lowest BCUT2D eigenvalue weighted by atomic mass is 9.99. The SMILES string of the molecule is Cl.O=C(O)c1ccc2nc(NC(c3ccccc3)c3ccccc3)n(CCc3ccccc3)c2c1. The van der Waals surface area contributed by atoms with E-state index in [1.807, 2.05) is 54.6 Å². The minimum Gasteiger partial charge on any atom is -0.478 e. The van der Waals surface area contributed by atoms with Crippen LogP contribution in [0, 0.1) is 0 Å². The summed E-state index contributed by atoms with van der Waals surface area (Å²) in [7, 11) is 0. The maximum Gasteiger partial charge on any atom is 0.335 e. The topological polar surface area (TPSA) is 67.2 Å². The number of benzene rings is 4. The van der Waals surface area contributed by atoms with Crippen LogP contribution in [0.2, 0.25) is 0 Å². The van der Waals surface area contributed by atoms with Gasteiger partial charge >= 0.3 is 5.97 Å². The summed E-state index contributed by atoms with van der Waals surface area (Å²) in [4.78, 5) is 16.5. The molecule has 0 spiro atoms. The van der Waals surface area contributed by atoms with Gasteiger partial charge in [0.2, 0.25) is 5.95 Å². The van der Waals surface area contributed by atoms with Crippen LogP contribution in [0.4, 0.5) is 5.95 Å². The number of fused-ring (bicyclic) bond motifs is 1. The molecule has 5 nitrogen and oxygen atoms in total. The molecule has 0 amide bonds. The number of halogens is 1. The number of aromatic carboxylic acids is 1. The van der Waals surface area contributed by atoms with Crippen molar-refractivity contribution in [1.29, 1.82) is 0 Å². The second-order valence-electron chi connectivity index (χ2n) is 8.23. The molecule has 1 heterocycles. The number of carboxylic acid groups (broad SMARTS) is 1. The zero-order valence-corrected chi connectivity index (χ0v) is 19.9. The second kappa shape index (κ2) is 10.9. The van der Waals surface area contributed by atoms with Crippen LogP contribution in [-0.4, -0.2) is 20.6 Å². The van der Waals surface area contributed by atoms with E-state index in [2.05, 4.69) is 46.3 Å². The third kappa shape index (κ3) is 5.36. The maximum atomic E-state index is 11.6. The van der Waals surface area contributed by atoms with Crippen LogP contribution in [0.1, 0.15) is 33.1 Å². The first-order valence-corrected chi connectivity index (χ1v) is 11.3. The van der Waals surface area contributed by atoms with Crippen LogP contribution in [0.3, 0.4) is 0 Å². The summed E-state index contributed by atoms with van der Waals surface area (Å²) in [6, 6.07) is 35.8. The number of aromatic nitrogens is 2. The largest absolute Gasteiger partial charge is 0.478 e. The molecule has 6 heteroatoms. The van der Waals surface area contributed by atoms with Gasteiger partial charge in [0.25, 0.3) is 0 Å². The van der Waals surface area contributed by atoms with Crippen molar-refractivity contribution in [3.8, 4) is 0 Å². The number of imidazole rings is 1.